The fourth-order valence-electron chi connectivity index (χ4n) is 4.02. The van der Waals surface area contributed by atoms with Gasteiger partial charge in [0.1, 0.15) is 5.75 Å². The average molecular weight is 458 g/mol. The summed E-state index contributed by atoms with van der Waals surface area (Å²) in [5.41, 5.74) is 3.29. The molecular weight excluding hydrogens is 426 g/mol. The summed E-state index contributed by atoms with van der Waals surface area (Å²) in [4.78, 5) is 27.1. The summed E-state index contributed by atoms with van der Waals surface area (Å²) in [7, 11) is 0. The Hall–Kier alpha value is -3.80. The number of hydrogen-bond donors (Lipinski definition) is 2. The Balaban J connectivity index is 1.25. The first-order valence-corrected chi connectivity index (χ1v) is 11.9. The van der Waals surface area contributed by atoms with E-state index in [0.717, 1.165) is 38.0 Å². The number of ether oxygens (including phenoxy) is 1. The van der Waals surface area contributed by atoms with E-state index in [1.165, 1.54) is 12.0 Å². The van der Waals surface area contributed by atoms with Gasteiger partial charge in [-0.1, -0.05) is 42.5 Å². The lowest BCUT2D eigenvalue weighted by Gasteiger charge is -2.26. The molecule has 1 heterocycles. The van der Waals surface area contributed by atoms with Crippen molar-refractivity contribution in [3.8, 4) is 5.75 Å². The fourth-order valence-corrected chi connectivity index (χ4v) is 4.02. The van der Waals surface area contributed by atoms with E-state index in [9.17, 15) is 9.59 Å². The number of nitrogens with one attached hydrogen (secondary N) is 2. The number of nitrogens with zero attached hydrogens (tertiary/aromatic N) is 1. The van der Waals surface area contributed by atoms with Gasteiger partial charge in [-0.15, -0.1) is 0 Å². The highest BCUT2D eigenvalue weighted by molar-refractivity contribution is 5.96. The van der Waals surface area contributed by atoms with Crippen molar-refractivity contribution in [2.75, 3.05) is 36.9 Å². The van der Waals surface area contributed by atoms with Crippen molar-refractivity contribution in [3.05, 3.63) is 90.0 Å². The third kappa shape index (κ3) is 6.85. The first kappa shape index (κ1) is 23.4. The van der Waals surface area contributed by atoms with Crippen LogP contribution in [0.15, 0.2) is 78.9 Å². The van der Waals surface area contributed by atoms with Crippen molar-refractivity contribution < 1.29 is 14.3 Å². The molecule has 2 N–H and O–H groups in total. The predicted molar refractivity (Wildman–Crippen MR) is 135 cm³/mol. The molecule has 0 spiro atoms. The maximum absolute atomic E-state index is 12.7. The lowest BCUT2D eigenvalue weighted by Crippen LogP contribution is -2.35. The van der Waals surface area contributed by atoms with Gasteiger partial charge < -0.3 is 20.3 Å². The zero-order valence-electron chi connectivity index (χ0n) is 19.3. The number of likely N-dealkylation sites (tertiary alicyclic amines) is 1. The second kappa shape index (κ2) is 11.9. The van der Waals surface area contributed by atoms with E-state index in [4.69, 9.17) is 4.74 Å². The second-order valence-corrected chi connectivity index (χ2v) is 8.45. The first-order chi connectivity index (χ1) is 16.7. The summed E-state index contributed by atoms with van der Waals surface area (Å²) < 4.78 is 5.84. The molecule has 6 heteroatoms. The lowest BCUT2D eigenvalue weighted by atomic mass is 10.1. The number of rotatable bonds is 9. The van der Waals surface area contributed by atoms with Crippen molar-refractivity contribution in [2.45, 2.75) is 25.7 Å². The molecule has 1 aliphatic rings. The van der Waals surface area contributed by atoms with Gasteiger partial charge >= 0.3 is 0 Å². The van der Waals surface area contributed by atoms with Crippen molar-refractivity contribution in [1.82, 2.24) is 4.90 Å². The standard InChI is InChI=1S/C28H31N3O3/c32-27(21-29-24-12-7-11-23(19-24)28(33)31-16-5-2-6-17-31)30-25-13-8-14-26(20-25)34-18-15-22-9-3-1-4-10-22/h1,3-4,7-14,19-20,29H,2,5-6,15-18,21H2,(H,30,32). The molecule has 1 fully saturated rings. The smallest absolute Gasteiger partial charge is 0.253 e. The lowest BCUT2D eigenvalue weighted by molar-refractivity contribution is -0.114. The Morgan fingerprint density at radius 3 is 2.41 bits per heavy atom. The second-order valence-electron chi connectivity index (χ2n) is 8.45. The normalized spacial score (nSPS) is 13.2. The number of benzene rings is 3. The van der Waals surface area contributed by atoms with Crippen molar-refractivity contribution in [3.63, 3.8) is 0 Å². The van der Waals surface area contributed by atoms with Crippen LogP contribution in [0.5, 0.6) is 5.75 Å². The maximum atomic E-state index is 12.7. The summed E-state index contributed by atoms with van der Waals surface area (Å²) >= 11 is 0. The van der Waals surface area contributed by atoms with Gasteiger partial charge in [-0.3, -0.25) is 9.59 Å². The van der Waals surface area contributed by atoms with Gasteiger partial charge in [-0.2, -0.15) is 0 Å². The highest BCUT2D eigenvalue weighted by atomic mass is 16.5. The maximum Gasteiger partial charge on any atom is 0.253 e. The Morgan fingerprint density at radius 1 is 0.824 bits per heavy atom. The third-order valence-corrected chi connectivity index (χ3v) is 5.83. The van der Waals surface area contributed by atoms with E-state index < -0.39 is 0 Å². The van der Waals surface area contributed by atoms with Gasteiger partial charge in [-0.05, 0) is 55.2 Å². The summed E-state index contributed by atoms with van der Waals surface area (Å²) in [5, 5.41) is 6.01. The van der Waals surface area contributed by atoms with Crippen LogP contribution in [0.4, 0.5) is 11.4 Å². The van der Waals surface area contributed by atoms with E-state index >= 15 is 0 Å². The monoisotopic (exact) mass is 457 g/mol. The molecule has 2 amide bonds. The van der Waals surface area contributed by atoms with E-state index in [0.29, 0.717) is 23.6 Å². The van der Waals surface area contributed by atoms with Crippen LogP contribution in [0, 0.1) is 0 Å². The topological polar surface area (TPSA) is 70.7 Å². The molecule has 0 bridgehead atoms. The summed E-state index contributed by atoms with van der Waals surface area (Å²) in [6.07, 6.45) is 4.12. The van der Waals surface area contributed by atoms with E-state index in [1.54, 1.807) is 0 Å². The largest absolute Gasteiger partial charge is 0.493 e. The number of hydrogen-bond acceptors (Lipinski definition) is 4. The van der Waals surface area contributed by atoms with Gasteiger partial charge in [0.15, 0.2) is 0 Å². The van der Waals surface area contributed by atoms with Gasteiger partial charge in [0.05, 0.1) is 13.2 Å². The van der Waals surface area contributed by atoms with E-state index in [1.807, 2.05) is 71.6 Å². The van der Waals surface area contributed by atoms with Crippen LogP contribution < -0.4 is 15.4 Å². The Bertz CT molecular complexity index is 1090. The van der Waals surface area contributed by atoms with Crippen LogP contribution in [0.1, 0.15) is 35.2 Å². The van der Waals surface area contributed by atoms with Gasteiger partial charge in [0.25, 0.3) is 5.91 Å². The highest BCUT2D eigenvalue weighted by Crippen LogP contribution is 2.19. The van der Waals surface area contributed by atoms with Crippen molar-refractivity contribution in [2.24, 2.45) is 0 Å². The molecule has 1 aliphatic heterocycles. The number of amides is 2. The van der Waals surface area contributed by atoms with Gasteiger partial charge in [0, 0.05) is 42.5 Å². The molecule has 4 rings (SSSR count). The molecular formula is C28H31N3O3. The zero-order chi connectivity index (χ0) is 23.6. The third-order valence-electron chi connectivity index (χ3n) is 5.83. The predicted octanol–water partition coefficient (Wildman–Crippen LogP) is 4.98. The van der Waals surface area contributed by atoms with Crippen LogP contribution in [0.3, 0.4) is 0 Å². The molecule has 3 aromatic rings. The fraction of sp³-hybridized carbons (Fsp3) is 0.286. The molecule has 1 saturated heterocycles. The molecule has 0 aromatic heterocycles. The van der Waals surface area contributed by atoms with Gasteiger partial charge in [0.2, 0.25) is 5.91 Å². The van der Waals surface area contributed by atoms with Crippen LogP contribution in [-0.4, -0.2) is 43.0 Å². The Morgan fingerprint density at radius 2 is 1.59 bits per heavy atom. The van der Waals surface area contributed by atoms with Crippen LogP contribution >= 0.6 is 0 Å². The SMILES string of the molecule is O=C(CNc1cccc(C(=O)N2CCCCC2)c1)Nc1cccc(OCCc2ccccc2)c1. The molecule has 6 nitrogen and oxygen atoms in total. The highest BCUT2D eigenvalue weighted by Gasteiger charge is 2.18. The molecule has 3 aromatic carbocycles. The molecule has 0 atom stereocenters. The van der Waals surface area contributed by atoms with Crippen molar-refractivity contribution in [1.29, 1.82) is 0 Å². The number of carbonyl (C=O) groups excluding carboxylic acids is 2. The zero-order valence-corrected chi connectivity index (χ0v) is 19.3. The first-order valence-electron chi connectivity index (χ1n) is 11.9. The van der Waals surface area contributed by atoms with E-state index in [-0.39, 0.29) is 18.4 Å². The van der Waals surface area contributed by atoms with E-state index in [2.05, 4.69) is 22.8 Å². The number of carbonyl (C=O) groups is 2. The quantitative estimate of drug-likeness (QED) is 0.475. The van der Waals surface area contributed by atoms with Crippen LogP contribution in [0.25, 0.3) is 0 Å². The van der Waals surface area contributed by atoms with Gasteiger partial charge in [-0.25, -0.2) is 0 Å². The molecule has 34 heavy (non-hydrogen) atoms. The average Bonchev–Trinajstić information content (AvgIpc) is 2.89. The number of anilines is 2. The molecule has 0 aliphatic carbocycles. The summed E-state index contributed by atoms with van der Waals surface area (Å²) in [5.74, 6) is 0.594. The van der Waals surface area contributed by atoms with Crippen LogP contribution in [-0.2, 0) is 11.2 Å². The van der Waals surface area contributed by atoms with Crippen molar-refractivity contribution >= 4 is 23.2 Å². The Kier molecular flexibility index (Phi) is 8.17. The molecule has 0 saturated carbocycles. The summed E-state index contributed by atoms with van der Waals surface area (Å²) in [6.45, 7) is 2.29. The van der Waals surface area contributed by atoms with Crippen LogP contribution in [0.2, 0.25) is 0 Å². The minimum absolute atomic E-state index is 0.0527. The minimum atomic E-state index is -0.172. The summed E-state index contributed by atoms with van der Waals surface area (Å²) in [6, 6.07) is 24.9. The molecule has 176 valence electrons. The molecule has 0 radical (unpaired) electrons. The minimum Gasteiger partial charge on any atom is -0.493 e. The number of piperidine rings is 1. The Labute approximate surface area is 200 Å². The molecule has 0 unspecified atom stereocenters.